The highest BCUT2D eigenvalue weighted by Gasteiger charge is 2.26. The highest BCUT2D eigenvalue weighted by Crippen LogP contribution is 2.27. The van der Waals surface area contributed by atoms with Crippen LogP contribution in [0.2, 0.25) is 0 Å². The second-order valence-corrected chi connectivity index (χ2v) is 7.31. The van der Waals surface area contributed by atoms with Crippen molar-refractivity contribution < 1.29 is 13.6 Å². The molecule has 29 heavy (non-hydrogen) atoms. The molecule has 0 bridgehead atoms. The van der Waals surface area contributed by atoms with Crippen LogP contribution >= 0.6 is 0 Å². The number of halogens is 1. The summed E-state index contributed by atoms with van der Waals surface area (Å²) in [6, 6.07) is 16.1. The van der Waals surface area contributed by atoms with Crippen LogP contribution in [0, 0.1) is 5.82 Å². The number of piperazine rings is 1. The van der Waals surface area contributed by atoms with Crippen LogP contribution in [0.3, 0.4) is 0 Å². The summed E-state index contributed by atoms with van der Waals surface area (Å²) in [5.41, 5.74) is 3.10. The molecule has 0 saturated carbocycles. The van der Waals surface area contributed by atoms with E-state index in [2.05, 4.69) is 4.90 Å². The Morgan fingerprint density at radius 1 is 1.03 bits per heavy atom. The molecule has 0 unspecified atom stereocenters. The molecular formula is C23H24FN3O2. The standard InChI is InChI=1S/C23H24FN3O2/c1-25-10-12-26(13-11-25)23(28)27(16-19-5-2-3-8-22(19)24)21-7-4-6-18(15-21)20-9-14-29-17-20/h2-9,14-15,17H,10-13,16H2,1H3. The number of hydrogen-bond donors (Lipinski definition) is 0. The highest BCUT2D eigenvalue weighted by atomic mass is 19.1. The predicted octanol–water partition coefficient (Wildman–Crippen LogP) is 4.46. The van der Waals surface area contributed by atoms with Gasteiger partial charge in [0.2, 0.25) is 0 Å². The maximum absolute atomic E-state index is 14.4. The highest BCUT2D eigenvalue weighted by molar-refractivity contribution is 5.93. The molecule has 150 valence electrons. The van der Waals surface area contributed by atoms with Crippen molar-refractivity contribution in [2.75, 3.05) is 38.1 Å². The molecule has 2 heterocycles. The van der Waals surface area contributed by atoms with Gasteiger partial charge < -0.3 is 14.2 Å². The summed E-state index contributed by atoms with van der Waals surface area (Å²) < 4.78 is 19.5. The Morgan fingerprint density at radius 2 is 1.83 bits per heavy atom. The van der Waals surface area contributed by atoms with Gasteiger partial charge >= 0.3 is 6.03 Å². The quantitative estimate of drug-likeness (QED) is 0.657. The minimum Gasteiger partial charge on any atom is -0.472 e. The fourth-order valence-electron chi connectivity index (χ4n) is 3.52. The van der Waals surface area contributed by atoms with E-state index in [1.165, 1.54) is 6.07 Å². The Kier molecular flexibility index (Phi) is 5.62. The first-order chi connectivity index (χ1) is 14.1. The maximum Gasteiger partial charge on any atom is 0.324 e. The predicted molar refractivity (Wildman–Crippen MR) is 111 cm³/mol. The molecule has 1 saturated heterocycles. The van der Waals surface area contributed by atoms with Crippen LogP contribution in [0.25, 0.3) is 11.1 Å². The molecular weight excluding hydrogens is 369 g/mol. The van der Waals surface area contributed by atoms with Crippen molar-refractivity contribution >= 4 is 11.7 Å². The third kappa shape index (κ3) is 4.32. The largest absolute Gasteiger partial charge is 0.472 e. The molecule has 0 aliphatic carbocycles. The average molecular weight is 393 g/mol. The van der Waals surface area contributed by atoms with Crippen LogP contribution in [0.1, 0.15) is 5.56 Å². The Labute approximate surface area is 169 Å². The van der Waals surface area contributed by atoms with Crippen molar-refractivity contribution in [2.45, 2.75) is 6.54 Å². The van der Waals surface area contributed by atoms with Gasteiger partial charge in [-0.2, -0.15) is 0 Å². The molecule has 0 spiro atoms. The van der Waals surface area contributed by atoms with Crippen molar-refractivity contribution in [2.24, 2.45) is 0 Å². The molecule has 1 aliphatic heterocycles. The van der Waals surface area contributed by atoms with Crippen molar-refractivity contribution in [3.8, 4) is 11.1 Å². The molecule has 0 N–H and O–H groups in total. The van der Waals surface area contributed by atoms with Gasteiger partial charge in [-0.15, -0.1) is 0 Å². The van der Waals surface area contributed by atoms with Gasteiger partial charge in [0.1, 0.15) is 5.82 Å². The minimum absolute atomic E-state index is 0.106. The number of urea groups is 1. The molecule has 3 aromatic rings. The lowest BCUT2D eigenvalue weighted by atomic mass is 10.1. The van der Waals surface area contributed by atoms with Crippen molar-refractivity contribution in [3.63, 3.8) is 0 Å². The van der Waals surface area contributed by atoms with Crippen LogP contribution in [-0.4, -0.2) is 49.1 Å². The second-order valence-electron chi connectivity index (χ2n) is 7.31. The fourth-order valence-corrected chi connectivity index (χ4v) is 3.52. The summed E-state index contributed by atoms with van der Waals surface area (Å²) in [7, 11) is 2.05. The van der Waals surface area contributed by atoms with E-state index in [0.29, 0.717) is 18.7 Å². The number of furan rings is 1. The van der Waals surface area contributed by atoms with Crippen LogP contribution in [0.5, 0.6) is 0 Å². The van der Waals surface area contributed by atoms with Crippen LogP contribution in [-0.2, 0) is 6.54 Å². The molecule has 0 radical (unpaired) electrons. The van der Waals surface area contributed by atoms with E-state index < -0.39 is 0 Å². The fraction of sp³-hybridized carbons (Fsp3) is 0.261. The first-order valence-electron chi connectivity index (χ1n) is 9.73. The first-order valence-corrected chi connectivity index (χ1v) is 9.73. The number of amides is 2. The lowest BCUT2D eigenvalue weighted by Crippen LogP contribution is -2.52. The molecule has 2 amide bonds. The SMILES string of the molecule is CN1CCN(C(=O)N(Cc2ccccc2F)c2cccc(-c3ccoc3)c2)CC1. The van der Waals surface area contributed by atoms with Gasteiger partial charge in [-0.1, -0.05) is 30.3 Å². The van der Waals surface area contributed by atoms with E-state index in [1.807, 2.05) is 42.3 Å². The Bertz CT molecular complexity index is 966. The number of hydrogen-bond acceptors (Lipinski definition) is 3. The van der Waals surface area contributed by atoms with Gasteiger partial charge in [-0.3, -0.25) is 4.90 Å². The topological polar surface area (TPSA) is 39.9 Å². The zero-order chi connectivity index (χ0) is 20.2. The molecule has 0 atom stereocenters. The van der Waals surface area contributed by atoms with Crippen molar-refractivity contribution in [3.05, 3.63) is 78.5 Å². The average Bonchev–Trinajstić information content (AvgIpc) is 3.28. The Hall–Kier alpha value is -3.12. The molecule has 1 aromatic heterocycles. The normalized spacial score (nSPS) is 14.8. The molecule has 2 aromatic carbocycles. The molecule has 1 fully saturated rings. The van der Waals surface area contributed by atoms with Gasteiger partial charge in [0.05, 0.1) is 19.1 Å². The van der Waals surface area contributed by atoms with Gasteiger partial charge in [0, 0.05) is 43.0 Å². The number of carbonyl (C=O) groups excluding carboxylic acids is 1. The van der Waals surface area contributed by atoms with E-state index in [1.54, 1.807) is 35.6 Å². The van der Waals surface area contributed by atoms with Gasteiger partial charge in [-0.25, -0.2) is 9.18 Å². The second kappa shape index (κ2) is 8.49. The van der Waals surface area contributed by atoms with Gasteiger partial charge in [-0.05, 0) is 36.9 Å². The van der Waals surface area contributed by atoms with E-state index in [9.17, 15) is 9.18 Å². The minimum atomic E-state index is -0.310. The molecule has 6 heteroatoms. The van der Waals surface area contributed by atoms with Crippen LogP contribution in [0.4, 0.5) is 14.9 Å². The van der Waals surface area contributed by atoms with Crippen molar-refractivity contribution in [1.82, 2.24) is 9.80 Å². The first kappa shape index (κ1) is 19.2. The number of carbonyl (C=O) groups is 1. The molecule has 5 nitrogen and oxygen atoms in total. The Morgan fingerprint density at radius 3 is 2.55 bits per heavy atom. The number of nitrogens with zero attached hydrogens (tertiary/aromatic N) is 3. The monoisotopic (exact) mass is 393 g/mol. The van der Waals surface area contributed by atoms with Gasteiger partial charge in [0.15, 0.2) is 0 Å². The summed E-state index contributed by atoms with van der Waals surface area (Å²) >= 11 is 0. The Balaban J connectivity index is 1.67. The third-order valence-electron chi connectivity index (χ3n) is 5.30. The van der Waals surface area contributed by atoms with E-state index in [0.717, 1.165) is 29.9 Å². The number of benzene rings is 2. The molecule has 4 rings (SSSR count). The smallest absolute Gasteiger partial charge is 0.324 e. The lowest BCUT2D eigenvalue weighted by molar-refractivity contribution is 0.159. The van der Waals surface area contributed by atoms with E-state index >= 15 is 0 Å². The molecule has 1 aliphatic rings. The summed E-state index contributed by atoms with van der Waals surface area (Å²) in [4.78, 5) is 19.1. The lowest BCUT2D eigenvalue weighted by Gasteiger charge is -2.36. The van der Waals surface area contributed by atoms with E-state index in [4.69, 9.17) is 4.42 Å². The number of anilines is 1. The summed E-state index contributed by atoms with van der Waals surface area (Å²) in [6.45, 7) is 3.14. The van der Waals surface area contributed by atoms with Crippen LogP contribution in [0.15, 0.2) is 71.5 Å². The van der Waals surface area contributed by atoms with Gasteiger partial charge in [0.25, 0.3) is 0 Å². The van der Waals surface area contributed by atoms with Crippen molar-refractivity contribution in [1.29, 1.82) is 0 Å². The summed E-state index contributed by atoms with van der Waals surface area (Å²) in [5.74, 6) is -0.310. The third-order valence-corrected chi connectivity index (χ3v) is 5.30. The number of likely N-dealkylation sites (N-methyl/N-ethyl adjacent to an activating group) is 1. The summed E-state index contributed by atoms with van der Waals surface area (Å²) in [6.07, 6.45) is 3.29. The zero-order valence-electron chi connectivity index (χ0n) is 16.4. The maximum atomic E-state index is 14.4. The number of rotatable bonds is 4. The van der Waals surface area contributed by atoms with E-state index in [-0.39, 0.29) is 18.4 Å². The van der Waals surface area contributed by atoms with Crippen LogP contribution < -0.4 is 4.90 Å². The zero-order valence-corrected chi connectivity index (χ0v) is 16.4. The summed E-state index contributed by atoms with van der Waals surface area (Å²) in [5, 5.41) is 0.